The minimum Gasteiger partial charge on any atom is -0.321 e. The first kappa shape index (κ1) is 20.8. The molecule has 0 atom stereocenters. The van der Waals surface area contributed by atoms with Crippen molar-refractivity contribution < 1.29 is 4.79 Å². The average Bonchev–Trinajstić information content (AvgIpc) is 2.59. The number of anilines is 1. The predicted octanol–water partition coefficient (Wildman–Crippen LogP) is 6.33. The lowest BCUT2D eigenvalue weighted by Gasteiger charge is -2.18. The van der Waals surface area contributed by atoms with Crippen molar-refractivity contribution >= 4 is 43.5 Å². The smallest absolute Gasteiger partial charge is 0.258 e. The molecule has 2 aromatic rings. The van der Waals surface area contributed by atoms with Crippen molar-refractivity contribution in [3.63, 3.8) is 0 Å². The highest BCUT2D eigenvalue weighted by atomic mass is 79.9. The summed E-state index contributed by atoms with van der Waals surface area (Å²) in [6.45, 7) is 11.8. The minimum absolute atomic E-state index is 0.140. The number of nitrogens with one attached hydrogen (secondary N) is 1. The second-order valence-corrected chi connectivity index (χ2v) is 7.91. The molecule has 1 aromatic heterocycles. The molecule has 1 heterocycles. The number of nitrogens with zero attached hydrogens (tertiary/aromatic N) is 1. The van der Waals surface area contributed by atoms with Gasteiger partial charge in [0.2, 0.25) is 0 Å². The highest BCUT2D eigenvalue weighted by molar-refractivity contribution is 9.10. The zero-order valence-electron chi connectivity index (χ0n) is 15.7. The summed E-state index contributed by atoms with van der Waals surface area (Å²) in [4.78, 5) is 17.7. The SMILES string of the molecule is C=CCc1c(C)nc(C)c(C(=O)Nc2c(CC)cc(Br)cc2CC)c1Br. The first-order chi connectivity index (χ1) is 12.3. The molecule has 0 aliphatic rings. The van der Waals surface area contributed by atoms with E-state index in [0.717, 1.165) is 49.9 Å². The summed E-state index contributed by atoms with van der Waals surface area (Å²) >= 11 is 7.18. The minimum atomic E-state index is -0.140. The van der Waals surface area contributed by atoms with Crippen molar-refractivity contribution in [3.8, 4) is 0 Å². The van der Waals surface area contributed by atoms with Gasteiger partial charge in [0.25, 0.3) is 5.91 Å². The van der Waals surface area contributed by atoms with Gasteiger partial charge in [-0.15, -0.1) is 6.58 Å². The molecule has 1 N–H and O–H groups in total. The fourth-order valence-corrected chi connectivity index (χ4v) is 4.58. The molecule has 138 valence electrons. The van der Waals surface area contributed by atoms with E-state index >= 15 is 0 Å². The lowest BCUT2D eigenvalue weighted by Crippen LogP contribution is -2.18. The normalized spacial score (nSPS) is 10.7. The van der Waals surface area contributed by atoms with E-state index in [0.29, 0.717) is 17.7 Å². The number of aryl methyl sites for hydroxylation is 4. The van der Waals surface area contributed by atoms with Crippen LogP contribution in [0, 0.1) is 13.8 Å². The van der Waals surface area contributed by atoms with Crippen LogP contribution in [0.5, 0.6) is 0 Å². The topological polar surface area (TPSA) is 42.0 Å². The molecule has 0 bridgehead atoms. The first-order valence-electron chi connectivity index (χ1n) is 8.73. The molecule has 2 rings (SSSR count). The van der Waals surface area contributed by atoms with E-state index < -0.39 is 0 Å². The van der Waals surface area contributed by atoms with Gasteiger partial charge in [0.15, 0.2) is 0 Å². The summed E-state index contributed by atoms with van der Waals surface area (Å²) in [6, 6.07) is 4.13. The summed E-state index contributed by atoms with van der Waals surface area (Å²) in [5.41, 5.74) is 6.35. The Labute approximate surface area is 172 Å². The van der Waals surface area contributed by atoms with Crippen LogP contribution in [0.3, 0.4) is 0 Å². The lowest BCUT2D eigenvalue weighted by atomic mass is 10.0. The third-order valence-electron chi connectivity index (χ3n) is 4.46. The Bertz CT molecular complexity index is 835. The standard InChI is InChI=1S/C21H24Br2N2O/c1-6-9-17-12(4)24-13(5)18(19(17)23)21(26)25-20-14(7-2)10-16(22)11-15(20)8-3/h6,10-11H,1,7-9H2,2-5H3,(H,25,26). The van der Waals surface area contributed by atoms with Gasteiger partial charge in [-0.3, -0.25) is 9.78 Å². The van der Waals surface area contributed by atoms with Crippen LogP contribution < -0.4 is 5.32 Å². The van der Waals surface area contributed by atoms with Crippen molar-refractivity contribution in [1.29, 1.82) is 0 Å². The van der Waals surface area contributed by atoms with Crippen LogP contribution in [0.1, 0.15) is 52.3 Å². The monoisotopic (exact) mass is 478 g/mol. The van der Waals surface area contributed by atoms with Crippen LogP contribution in [-0.2, 0) is 19.3 Å². The van der Waals surface area contributed by atoms with Crippen LogP contribution in [0.4, 0.5) is 5.69 Å². The zero-order valence-corrected chi connectivity index (χ0v) is 18.8. The molecule has 0 unspecified atom stereocenters. The van der Waals surface area contributed by atoms with Crippen LogP contribution in [0.15, 0.2) is 33.7 Å². The molecule has 0 saturated carbocycles. The van der Waals surface area contributed by atoms with Gasteiger partial charge < -0.3 is 5.32 Å². The van der Waals surface area contributed by atoms with Gasteiger partial charge >= 0.3 is 0 Å². The summed E-state index contributed by atoms with van der Waals surface area (Å²) in [7, 11) is 0. The molecule has 1 aromatic carbocycles. The fraction of sp³-hybridized carbons (Fsp3) is 0.333. The molecule has 5 heteroatoms. The Morgan fingerprint density at radius 3 is 2.23 bits per heavy atom. The second-order valence-electron chi connectivity index (χ2n) is 6.20. The van der Waals surface area contributed by atoms with Crippen molar-refractivity contribution in [2.75, 3.05) is 5.32 Å². The van der Waals surface area contributed by atoms with Crippen molar-refractivity contribution in [2.24, 2.45) is 0 Å². The maximum absolute atomic E-state index is 13.1. The number of pyridine rings is 1. The summed E-state index contributed by atoms with van der Waals surface area (Å²) < 4.78 is 1.83. The molecule has 0 saturated heterocycles. The molecule has 0 aliphatic heterocycles. The summed E-state index contributed by atoms with van der Waals surface area (Å²) in [6.07, 6.45) is 4.18. The Morgan fingerprint density at radius 2 is 1.73 bits per heavy atom. The number of benzene rings is 1. The maximum atomic E-state index is 13.1. The zero-order chi connectivity index (χ0) is 19.4. The Morgan fingerprint density at radius 1 is 1.15 bits per heavy atom. The fourth-order valence-electron chi connectivity index (χ4n) is 3.11. The number of halogens is 2. The molecule has 0 fully saturated rings. The summed E-state index contributed by atoms with van der Waals surface area (Å²) in [5, 5.41) is 3.14. The average molecular weight is 480 g/mol. The van der Waals surface area contributed by atoms with E-state index in [1.165, 1.54) is 0 Å². The molecule has 1 amide bonds. The second kappa shape index (κ2) is 8.96. The van der Waals surface area contributed by atoms with Gasteiger partial charge in [0, 0.05) is 20.3 Å². The van der Waals surface area contributed by atoms with E-state index in [1.807, 2.05) is 19.9 Å². The van der Waals surface area contributed by atoms with E-state index in [-0.39, 0.29) is 5.91 Å². The largest absolute Gasteiger partial charge is 0.321 e. The molecule has 0 spiro atoms. The number of hydrogen-bond donors (Lipinski definition) is 1. The van der Waals surface area contributed by atoms with E-state index in [4.69, 9.17) is 0 Å². The van der Waals surface area contributed by atoms with Gasteiger partial charge in [0.1, 0.15) is 0 Å². The number of amides is 1. The van der Waals surface area contributed by atoms with Crippen molar-refractivity contribution in [2.45, 2.75) is 47.0 Å². The number of carbonyl (C=O) groups is 1. The quantitative estimate of drug-likeness (QED) is 0.492. The van der Waals surface area contributed by atoms with Crippen molar-refractivity contribution in [3.05, 3.63) is 67.4 Å². The number of aromatic nitrogens is 1. The molecule has 26 heavy (non-hydrogen) atoms. The third kappa shape index (κ3) is 4.26. The van der Waals surface area contributed by atoms with Gasteiger partial charge in [-0.1, -0.05) is 35.9 Å². The summed E-state index contributed by atoms with van der Waals surface area (Å²) in [5.74, 6) is -0.140. The predicted molar refractivity (Wildman–Crippen MR) is 116 cm³/mol. The Balaban J connectivity index is 2.52. The van der Waals surface area contributed by atoms with E-state index in [9.17, 15) is 4.79 Å². The van der Waals surface area contributed by atoms with Crippen LogP contribution >= 0.6 is 31.9 Å². The van der Waals surface area contributed by atoms with Gasteiger partial charge in [-0.2, -0.15) is 0 Å². The van der Waals surface area contributed by atoms with Gasteiger partial charge in [-0.05, 0) is 77.9 Å². The highest BCUT2D eigenvalue weighted by Crippen LogP contribution is 2.31. The van der Waals surface area contributed by atoms with Crippen molar-refractivity contribution in [1.82, 2.24) is 4.98 Å². The van der Waals surface area contributed by atoms with E-state index in [1.54, 1.807) is 0 Å². The van der Waals surface area contributed by atoms with Crippen LogP contribution in [0.2, 0.25) is 0 Å². The number of allylic oxidation sites excluding steroid dienone is 1. The Kier molecular flexibility index (Phi) is 7.18. The maximum Gasteiger partial charge on any atom is 0.258 e. The van der Waals surface area contributed by atoms with Crippen LogP contribution in [-0.4, -0.2) is 10.9 Å². The molecule has 3 nitrogen and oxygen atoms in total. The number of carbonyl (C=O) groups excluding carboxylic acids is 1. The first-order valence-corrected chi connectivity index (χ1v) is 10.3. The molecule has 0 aliphatic carbocycles. The Hall–Kier alpha value is -1.46. The highest BCUT2D eigenvalue weighted by Gasteiger charge is 2.21. The van der Waals surface area contributed by atoms with Gasteiger partial charge in [0.05, 0.1) is 11.3 Å². The molecule has 0 radical (unpaired) electrons. The van der Waals surface area contributed by atoms with Gasteiger partial charge in [-0.25, -0.2) is 0 Å². The third-order valence-corrected chi connectivity index (χ3v) is 5.79. The van der Waals surface area contributed by atoms with Crippen LogP contribution in [0.25, 0.3) is 0 Å². The molecular formula is C21H24Br2N2O. The molecular weight excluding hydrogens is 456 g/mol. The number of rotatable bonds is 6. The number of hydrogen-bond acceptors (Lipinski definition) is 2. The van der Waals surface area contributed by atoms with E-state index in [2.05, 4.69) is 74.7 Å². The lowest BCUT2D eigenvalue weighted by molar-refractivity contribution is 0.102.